The van der Waals surface area contributed by atoms with Crippen LogP contribution < -0.4 is 10.5 Å². The van der Waals surface area contributed by atoms with E-state index in [-0.39, 0.29) is 11.5 Å². The third-order valence-electron chi connectivity index (χ3n) is 6.09. The van der Waals surface area contributed by atoms with E-state index < -0.39 is 0 Å². The van der Waals surface area contributed by atoms with Crippen molar-refractivity contribution in [2.75, 3.05) is 18.5 Å². The minimum Gasteiger partial charge on any atom is -0.356 e. The maximum Gasteiger partial charge on any atom is 0.267 e. The lowest BCUT2D eigenvalue weighted by atomic mass is 9.94. The number of anilines is 1. The van der Waals surface area contributed by atoms with Crippen LogP contribution in [0.1, 0.15) is 57.4 Å². The second kappa shape index (κ2) is 9.53. The first-order valence-electron chi connectivity index (χ1n) is 11.0. The summed E-state index contributed by atoms with van der Waals surface area (Å²) in [4.78, 5) is 35.6. The van der Waals surface area contributed by atoms with E-state index in [2.05, 4.69) is 11.8 Å². The number of aromatic nitrogens is 2. The van der Waals surface area contributed by atoms with Crippen LogP contribution in [-0.2, 0) is 4.79 Å². The highest BCUT2D eigenvalue weighted by atomic mass is 32.2. The summed E-state index contributed by atoms with van der Waals surface area (Å²) in [6.07, 6.45) is 11.1. The quantitative estimate of drug-likeness (QED) is 0.472. The molecule has 1 amide bonds. The van der Waals surface area contributed by atoms with Gasteiger partial charge in [-0.2, -0.15) is 0 Å². The molecule has 2 aliphatic rings. The number of thiocarbonyl (C=S) groups is 1. The molecular formula is C23H28N4O2S2. The van der Waals surface area contributed by atoms with Gasteiger partial charge in [0.25, 0.3) is 11.5 Å². The lowest BCUT2D eigenvalue weighted by Crippen LogP contribution is -2.36. The van der Waals surface area contributed by atoms with Gasteiger partial charge < -0.3 is 4.90 Å². The van der Waals surface area contributed by atoms with E-state index >= 15 is 0 Å². The molecule has 0 radical (unpaired) electrons. The molecule has 0 unspecified atom stereocenters. The van der Waals surface area contributed by atoms with Gasteiger partial charge in [0.2, 0.25) is 0 Å². The van der Waals surface area contributed by atoms with Crippen molar-refractivity contribution < 1.29 is 4.79 Å². The lowest BCUT2D eigenvalue weighted by molar-refractivity contribution is -0.122. The molecule has 2 aromatic heterocycles. The molecule has 31 heavy (non-hydrogen) atoms. The maximum atomic E-state index is 13.5. The van der Waals surface area contributed by atoms with E-state index in [0.717, 1.165) is 25.7 Å². The van der Waals surface area contributed by atoms with Gasteiger partial charge in [-0.3, -0.25) is 18.9 Å². The fraction of sp³-hybridized carbons (Fsp3) is 0.478. The fourth-order valence-electron chi connectivity index (χ4n) is 4.27. The zero-order valence-corrected chi connectivity index (χ0v) is 19.7. The van der Waals surface area contributed by atoms with Crippen LogP contribution in [-0.4, -0.2) is 44.1 Å². The number of carbonyl (C=O) groups excluding carboxylic acids is 1. The van der Waals surface area contributed by atoms with Crippen molar-refractivity contribution in [2.24, 2.45) is 0 Å². The minimum absolute atomic E-state index is 0.118. The summed E-state index contributed by atoms with van der Waals surface area (Å²) >= 11 is 6.71. The smallest absolute Gasteiger partial charge is 0.267 e. The van der Waals surface area contributed by atoms with Crippen molar-refractivity contribution in [1.82, 2.24) is 14.3 Å². The van der Waals surface area contributed by atoms with Crippen LogP contribution in [0.3, 0.4) is 0 Å². The SMILES string of the molecule is CCCCN1C(=O)C(=Cc2c(N(C)C3CCCCC3)nc3ccccn3c2=O)SC1=S. The number of pyridine rings is 1. The molecule has 0 atom stereocenters. The highest BCUT2D eigenvalue weighted by molar-refractivity contribution is 8.26. The Morgan fingerprint density at radius 2 is 2.03 bits per heavy atom. The summed E-state index contributed by atoms with van der Waals surface area (Å²) in [5.74, 6) is 0.522. The molecule has 6 nitrogen and oxygen atoms in total. The topological polar surface area (TPSA) is 57.9 Å². The number of unbranched alkanes of at least 4 members (excludes halogenated alkanes) is 1. The number of nitrogens with zero attached hydrogens (tertiary/aromatic N) is 4. The number of fused-ring (bicyclic) bond motifs is 1. The Kier molecular flexibility index (Phi) is 6.77. The zero-order valence-electron chi connectivity index (χ0n) is 18.0. The van der Waals surface area contributed by atoms with E-state index in [0.29, 0.717) is 38.8 Å². The molecule has 0 N–H and O–H groups in total. The highest BCUT2D eigenvalue weighted by Crippen LogP contribution is 2.34. The summed E-state index contributed by atoms with van der Waals surface area (Å²) in [7, 11) is 2.01. The molecule has 0 spiro atoms. The van der Waals surface area contributed by atoms with Crippen LogP contribution >= 0.6 is 24.0 Å². The van der Waals surface area contributed by atoms with Crippen LogP contribution in [0.15, 0.2) is 34.1 Å². The molecular weight excluding hydrogens is 428 g/mol. The average molecular weight is 457 g/mol. The third-order valence-corrected chi connectivity index (χ3v) is 7.47. The second-order valence-corrected chi connectivity index (χ2v) is 9.85. The van der Waals surface area contributed by atoms with Crippen molar-refractivity contribution in [2.45, 2.75) is 57.9 Å². The van der Waals surface area contributed by atoms with Gasteiger partial charge in [-0.25, -0.2) is 4.98 Å². The van der Waals surface area contributed by atoms with Gasteiger partial charge in [0.15, 0.2) is 0 Å². The number of hydrogen-bond acceptors (Lipinski definition) is 6. The standard InChI is InChI=1S/C23H28N4O2S2/c1-3-4-13-27-22(29)18(31-23(27)30)15-17-20(25(2)16-10-6-5-7-11-16)24-19-12-8-9-14-26(19)21(17)28/h8-9,12,14-16H,3-7,10-11,13H2,1-2H3. The highest BCUT2D eigenvalue weighted by Gasteiger charge is 2.32. The largest absolute Gasteiger partial charge is 0.356 e. The van der Waals surface area contributed by atoms with E-state index in [1.807, 2.05) is 25.2 Å². The Morgan fingerprint density at radius 3 is 2.77 bits per heavy atom. The minimum atomic E-state index is -0.165. The first-order chi connectivity index (χ1) is 15.0. The maximum absolute atomic E-state index is 13.5. The van der Waals surface area contributed by atoms with Gasteiger partial charge >= 0.3 is 0 Å². The van der Waals surface area contributed by atoms with Crippen molar-refractivity contribution >= 4 is 51.7 Å². The predicted molar refractivity (Wildman–Crippen MR) is 132 cm³/mol. The molecule has 164 valence electrons. The first-order valence-corrected chi connectivity index (χ1v) is 12.2. The van der Waals surface area contributed by atoms with Crippen molar-refractivity contribution in [3.63, 3.8) is 0 Å². The molecule has 2 aromatic rings. The van der Waals surface area contributed by atoms with Gasteiger partial charge in [-0.15, -0.1) is 0 Å². The molecule has 3 heterocycles. The third kappa shape index (κ3) is 4.41. The Balaban J connectivity index is 1.80. The molecule has 1 saturated heterocycles. The monoisotopic (exact) mass is 456 g/mol. The summed E-state index contributed by atoms with van der Waals surface area (Å²) in [5, 5.41) is 0. The molecule has 2 fully saturated rings. The van der Waals surface area contributed by atoms with Crippen LogP contribution in [0.25, 0.3) is 11.7 Å². The molecule has 1 aliphatic heterocycles. The molecule has 8 heteroatoms. The van der Waals surface area contributed by atoms with Crippen LogP contribution in [0, 0.1) is 0 Å². The van der Waals surface area contributed by atoms with Crippen molar-refractivity contribution in [1.29, 1.82) is 0 Å². The summed E-state index contributed by atoms with van der Waals surface area (Å²) in [6.45, 7) is 2.70. The number of carbonyl (C=O) groups is 1. The van der Waals surface area contributed by atoms with Gasteiger partial charge in [-0.1, -0.05) is 62.7 Å². The zero-order chi connectivity index (χ0) is 22.0. The summed E-state index contributed by atoms with van der Waals surface area (Å²) < 4.78 is 2.10. The van der Waals surface area contributed by atoms with Crippen LogP contribution in [0.5, 0.6) is 0 Å². The number of rotatable bonds is 6. The summed E-state index contributed by atoms with van der Waals surface area (Å²) in [6, 6.07) is 5.88. The fourth-order valence-corrected chi connectivity index (χ4v) is 5.56. The molecule has 0 bridgehead atoms. The van der Waals surface area contributed by atoms with Crippen molar-refractivity contribution in [3.05, 3.63) is 45.2 Å². The van der Waals surface area contributed by atoms with Gasteiger partial charge in [-0.05, 0) is 37.5 Å². The normalized spacial score (nSPS) is 19.0. The average Bonchev–Trinajstić information content (AvgIpc) is 3.06. The number of thioether (sulfide) groups is 1. The Hall–Kier alpha value is -2.19. The Labute approximate surface area is 192 Å². The van der Waals surface area contributed by atoms with E-state index in [1.54, 1.807) is 21.6 Å². The van der Waals surface area contributed by atoms with Gasteiger partial charge in [0.1, 0.15) is 15.8 Å². The van der Waals surface area contributed by atoms with Crippen LogP contribution in [0.4, 0.5) is 5.82 Å². The second-order valence-electron chi connectivity index (χ2n) is 8.17. The lowest BCUT2D eigenvalue weighted by Gasteiger charge is -2.33. The Morgan fingerprint density at radius 1 is 1.26 bits per heavy atom. The molecule has 1 saturated carbocycles. The van der Waals surface area contributed by atoms with Crippen LogP contribution in [0.2, 0.25) is 0 Å². The molecule has 1 aliphatic carbocycles. The van der Waals surface area contributed by atoms with E-state index in [4.69, 9.17) is 17.2 Å². The number of hydrogen-bond donors (Lipinski definition) is 0. The summed E-state index contributed by atoms with van der Waals surface area (Å²) in [5.41, 5.74) is 0.896. The van der Waals surface area contributed by atoms with Crippen molar-refractivity contribution in [3.8, 4) is 0 Å². The van der Waals surface area contributed by atoms with Gasteiger partial charge in [0, 0.05) is 25.8 Å². The Bertz CT molecular complexity index is 1090. The molecule has 4 rings (SSSR count). The number of amides is 1. The van der Waals surface area contributed by atoms with Gasteiger partial charge in [0.05, 0.1) is 10.5 Å². The predicted octanol–water partition coefficient (Wildman–Crippen LogP) is 4.46. The molecule has 0 aromatic carbocycles. The first kappa shape index (κ1) is 22.0. The van der Waals surface area contributed by atoms with E-state index in [9.17, 15) is 9.59 Å². The van der Waals surface area contributed by atoms with E-state index in [1.165, 1.54) is 31.0 Å².